The number of rotatable bonds is 3. The third kappa shape index (κ3) is 2.30. The molecule has 0 amide bonds. The van der Waals surface area contributed by atoms with E-state index in [0.717, 1.165) is 29.1 Å². The van der Waals surface area contributed by atoms with Gasteiger partial charge in [-0.2, -0.15) is 0 Å². The zero-order valence-electron chi connectivity index (χ0n) is 13.2. The lowest BCUT2D eigenvalue weighted by Gasteiger charge is -2.32. The Kier molecular flexibility index (Phi) is 3.16. The molecule has 0 N–H and O–H groups in total. The molecular formula is C17H18N2O4. The normalized spacial score (nSPS) is 22.3. The fourth-order valence-corrected chi connectivity index (χ4v) is 3.30. The van der Waals surface area contributed by atoms with Crippen LogP contribution in [-0.4, -0.2) is 41.4 Å². The van der Waals surface area contributed by atoms with Crippen molar-refractivity contribution in [1.29, 1.82) is 0 Å². The van der Waals surface area contributed by atoms with Gasteiger partial charge in [-0.3, -0.25) is 4.57 Å². The highest BCUT2D eigenvalue weighted by Crippen LogP contribution is 2.31. The van der Waals surface area contributed by atoms with Gasteiger partial charge in [-0.1, -0.05) is 0 Å². The van der Waals surface area contributed by atoms with E-state index < -0.39 is 5.60 Å². The molecule has 6 heteroatoms. The van der Waals surface area contributed by atoms with Gasteiger partial charge >= 0.3 is 5.97 Å². The Hall–Kier alpha value is -2.34. The van der Waals surface area contributed by atoms with Crippen molar-refractivity contribution in [1.82, 2.24) is 9.55 Å². The first-order valence-electron chi connectivity index (χ1n) is 7.64. The van der Waals surface area contributed by atoms with Gasteiger partial charge in [-0.05, 0) is 30.7 Å². The first kappa shape index (κ1) is 14.3. The highest BCUT2D eigenvalue weighted by atomic mass is 16.6. The summed E-state index contributed by atoms with van der Waals surface area (Å²) in [7, 11) is 1.60. The summed E-state index contributed by atoms with van der Waals surface area (Å²) < 4.78 is 18.1. The minimum absolute atomic E-state index is 0.348. The molecular weight excluding hydrogens is 296 g/mol. The van der Waals surface area contributed by atoms with E-state index in [2.05, 4.69) is 4.98 Å². The number of hydrogen-bond acceptors (Lipinski definition) is 5. The van der Waals surface area contributed by atoms with Crippen molar-refractivity contribution in [2.75, 3.05) is 20.3 Å². The van der Waals surface area contributed by atoms with E-state index in [1.807, 2.05) is 25.1 Å². The number of carbonyl (C=O) groups is 1. The monoisotopic (exact) mass is 314 g/mol. The number of fused-ring (bicyclic) bond motifs is 2. The lowest BCUT2D eigenvalue weighted by atomic mass is 9.97. The second-order valence-electron chi connectivity index (χ2n) is 6.25. The number of ether oxygens (including phenoxy) is 3. The lowest BCUT2D eigenvalue weighted by molar-refractivity contribution is -0.0529. The first-order chi connectivity index (χ1) is 11.1. The summed E-state index contributed by atoms with van der Waals surface area (Å²) in [5.74, 6) is 0.554. The van der Waals surface area contributed by atoms with Gasteiger partial charge in [-0.25, -0.2) is 9.78 Å². The van der Waals surface area contributed by atoms with Gasteiger partial charge in [0.25, 0.3) is 0 Å². The number of esters is 1. The Morgan fingerprint density at radius 3 is 3.13 bits per heavy atom. The largest absolute Gasteiger partial charge is 0.493 e. The van der Waals surface area contributed by atoms with Crippen molar-refractivity contribution in [2.45, 2.75) is 25.4 Å². The van der Waals surface area contributed by atoms with Gasteiger partial charge < -0.3 is 14.2 Å². The summed E-state index contributed by atoms with van der Waals surface area (Å²) >= 11 is 0. The van der Waals surface area contributed by atoms with Crippen LogP contribution in [0.25, 0.3) is 5.69 Å². The molecule has 0 aliphatic carbocycles. The highest BCUT2D eigenvalue weighted by molar-refractivity contribution is 5.91. The van der Waals surface area contributed by atoms with E-state index in [-0.39, 0.29) is 5.97 Å². The van der Waals surface area contributed by atoms with Crippen molar-refractivity contribution in [3.63, 3.8) is 0 Å². The van der Waals surface area contributed by atoms with Crippen LogP contribution in [-0.2, 0) is 22.3 Å². The SMILES string of the molecule is COCC1(C)Cc2ncn(-c3ccc4c(c3)CCO4)c2C(=O)O1. The van der Waals surface area contributed by atoms with Gasteiger partial charge in [0.15, 0.2) is 5.69 Å². The van der Waals surface area contributed by atoms with Crippen molar-refractivity contribution in [3.8, 4) is 11.4 Å². The molecule has 23 heavy (non-hydrogen) atoms. The molecule has 120 valence electrons. The summed E-state index contributed by atoms with van der Waals surface area (Å²) in [5, 5.41) is 0. The van der Waals surface area contributed by atoms with Crippen LogP contribution in [0.2, 0.25) is 0 Å². The number of nitrogens with zero attached hydrogens (tertiary/aromatic N) is 2. The summed E-state index contributed by atoms with van der Waals surface area (Å²) in [6.07, 6.45) is 3.11. The topological polar surface area (TPSA) is 62.6 Å². The number of benzene rings is 1. The molecule has 2 aliphatic rings. The average molecular weight is 314 g/mol. The van der Waals surface area contributed by atoms with E-state index in [9.17, 15) is 4.79 Å². The third-order valence-corrected chi connectivity index (χ3v) is 4.32. The summed E-state index contributed by atoms with van der Waals surface area (Å²) in [5.41, 5.74) is 2.63. The molecule has 3 heterocycles. The number of carbonyl (C=O) groups excluding carboxylic acids is 1. The van der Waals surface area contributed by atoms with Crippen LogP contribution in [0, 0.1) is 0 Å². The molecule has 1 aromatic heterocycles. The van der Waals surface area contributed by atoms with E-state index in [4.69, 9.17) is 14.2 Å². The molecule has 2 aromatic rings. The zero-order valence-corrected chi connectivity index (χ0v) is 13.2. The van der Waals surface area contributed by atoms with E-state index in [1.54, 1.807) is 18.0 Å². The van der Waals surface area contributed by atoms with Crippen LogP contribution in [0.3, 0.4) is 0 Å². The van der Waals surface area contributed by atoms with E-state index in [1.165, 1.54) is 0 Å². The number of imidazole rings is 1. The second-order valence-corrected chi connectivity index (χ2v) is 6.25. The molecule has 6 nitrogen and oxygen atoms in total. The fourth-order valence-electron chi connectivity index (χ4n) is 3.30. The van der Waals surface area contributed by atoms with Crippen molar-refractivity contribution < 1.29 is 19.0 Å². The molecule has 1 unspecified atom stereocenters. The molecule has 2 aliphatic heterocycles. The standard InChI is InChI=1S/C17H18N2O4/c1-17(9-21-2)8-13-15(16(20)23-17)19(10-18-13)12-3-4-14-11(7-12)5-6-22-14/h3-4,7,10H,5-6,8-9H2,1-2H3. The maximum Gasteiger partial charge on any atom is 0.357 e. The molecule has 4 rings (SSSR count). The lowest BCUT2D eigenvalue weighted by Crippen LogP contribution is -2.43. The quantitative estimate of drug-likeness (QED) is 0.810. The minimum atomic E-state index is -0.663. The number of aromatic nitrogens is 2. The predicted octanol–water partition coefficient (Wildman–Crippen LogP) is 1.93. The first-order valence-corrected chi connectivity index (χ1v) is 7.64. The summed E-state index contributed by atoms with van der Waals surface area (Å²) in [6.45, 7) is 2.92. The predicted molar refractivity (Wildman–Crippen MR) is 82.2 cm³/mol. The molecule has 0 spiro atoms. The summed E-state index contributed by atoms with van der Waals surface area (Å²) in [4.78, 5) is 16.9. The van der Waals surface area contributed by atoms with Crippen LogP contribution in [0.1, 0.15) is 28.7 Å². The fraction of sp³-hybridized carbons (Fsp3) is 0.412. The van der Waals surface area contributed by atoms with Crippen LogP contribution >= 0.6 is 0 Å². The molecule has 1 aromatic carbocycles. The number of methoxy groups -OCH3 is 1. The van der Waals surface area contributed by atoms with Gasteiger partial charge in [0.1, 0.15) is 17.7 Å². The second kappa shape index (κ2) is 5.09. The van der Waals surface area contributed by atoms with Crippen molar-refractivity contribution >= 4 is 5.97 Å². The van der Waals surface area contributed by atoms with E-state index in [0.29, 0.717) is 25.3 Å². The molecule has 0 saturated carbocycles. The molecule has 0 radical (unpaired) electrons. The van der Waals surface area contributed by atoms with Crippen LogP contribution in [0.15, 0.2) is 24.5 Å². The third-order valence-electron chi connectivity index (χ3n) is 4.32. The molecule has 0 fully saturated rings. The minimum Gasteiger partial charge on any atom is -0.493 e. The van der Waals surface area contributed by atoms with Gasteiger partial charge in [0.2, 0.25) is 0 Å². The molecule has 0 bridgehead atoms. The number of hydrogen-bond donors (Lipinski definition) is 0. The van der Waals surface area contributed by atoms with Gasteiger partial charge in [-0.15, -0.1) is 0 Å². The molecule has 1 atom stereocenters. The van der Waals surface area contributed by atoms with Gasteiger partial charge in [0, 0.05) is 25.6 Å². The summed E-state index contributed by atoms with van der Waals surface area (Å²) in [6, 6.07) is 5.91. The highest BCUT2D eigenvalue weighted by Gasteiger charge is 2.39. The van der Waals surface area contributed by atoms with Crippen molar-refractivity contribution in [2.24, 2.45) is 0 Å². The smallest absolute Gasteiger partial charge is 0.357 e. The molecule has 0 saturated heterocycles. The Morgan fingerprint density at radius 1 is 1.43 bits per heavy atom. The maximum atomic E-state index is 12.5. The van der Waals surface area contributed by atoms with Crippen LogP contribution in [0.5, 0.6) is 5.75 Å². The zero-order chi connectivity index (χ0) is 16.0. The Balaban J connectivity index is 1.74. The van der Waals surface area contributed by atoms with E-state index >= 15 is 0 Å². The van der Waals surface area contributed by atoms with Gasteiger partial charge in [0.05, 0.1) is 18.9 Å². The average Bonchev–Trinajstić information content (AvgIpc) is 3.12. The van der Waals surface area contributed by atoms with Crippen molar-refractivity contribution in [3.05, 3.63) is 41.5 Å². The van der Waals surface area contributed by atoms with Crippen LogP contribution in [0.4, 0.5) is 0 Å². The Labute approximate surface area is 134 Å². The maximum absolute atomic E-state index is 12.5. The number of cyclic esters (lactones) is 1. The Morgan fingerprint density at radius 2 is 2.30 bits per heavy atom. The van der Waals surface area contributed by atoms with Crippen LogP contribution < -0.4 is 4.74 Å². The Bertz CT molecular complexity index is 783.